The number of allylic oxidation sites excluding steroid dienone is 4. The van der Waals surface area contributed by atoms with E-state index in [0.717, 1.165) is 77.0 Å². The van der Waals surface area contributed by atoms with E-state index in [1.807, 2.05) is 0 Å². The number of hydrogen-bond acceptors (Lipinski definition) is 28. The van der Waals surface area contributed by atoms with E-state index in [1.54, 1.807) is 11.8 Å². The van der Waals surface area contributed by atoms with Crippen molar-refractivity contribution >= 4 is 150 Å². The van der Waals surface area contributed by atoms with E-state index in [9.17, 15) is 135 Å². The van der Waals surface area contributed by atoms with Gasteiger partial charge in [-0.2, -0.15) is 11.8 Å². The minimum Gasteiger partial charge on any atom is -0.480 e. The van der Waals surface area contributed by atoms with Gasteiger partial charge < -0.3 is 124 Å². The number of carbonyl (C=O) groups is 22. The highest BCUT2D eigenvalue weighted by Crippen LogP contribution is 2.43. The van der Waals surface area contributed by atoms with Gasteiger partial charge in [-0.3, -0.25) is 110 Å². The lowest BCUT2D eigenvalue weighted by Crippen LogP contribution is -2.50. The van der Waals surface area contributed by atoms with Gasteiger partial charge in [0.15, 0.2) is 6.10 Å². The lowest BCUT2D eigenvalue weighted by atomic mass is 10.0. The highest BCUT2D eigenvalue weighted by molar-refractivity contribution is 8.00. The molecule has 2 aliphatic rings. The number of carboxylic acids is 4. The third-order valence-electron chi connectivity index (χ3n) is 20.9. The van der Waals surface area contributed by atoms with Crippen LogP contribution in [-0.2, 0) is 124 Å². The predicted molar refractivity (Wildman–Crippen MR) is 500 cm³/mol. The zero-order valence-corrected chi connectivity index (χ0v) is 81.3. The van der Waals surface area contributed by atoms with Crippen molar-refractivity contribution in [3.8, 4) is 0 Å². The first-order chi connectivity index (χ1) is 66.4. The van der Waals surface area contributed by atoms with Crippen molar-refractivity contribution in [3.05, 3.63) is 24.3 Å². The Bertz CT molecular complexity index is 4070. The molecule has 139 heavy (non-hydrogen) atoms. The first-order valence-corrected chi connectivity index (χ1v) is 49.8. The number of carbonyl (C=O) groups excluding carboxylic acids is 18. The van der Waals surface area contributed by atoms with Gasteiger partial charge in [-0.05, 0) is 83.5 Å². The molecule has 0 aromatic rings. The molecule has 0 spiro atoms. The average Bonchev–Trinajstić information content (AvgIpc) is 1.66. The van der Waals surface area contributed by atoms with Crippen LogP contribution in [-0.4, -0.2) is 342 Å². The Morgan fingerprint density at radius 2 is 0.683 bits per heavy atom. The number of rotatable bonds is 82. The molecular formula is C88H144N17O32PS. The van der Waals surface area contributed by atoms with E-state index in [2.05, 4.69) is 107 Å². The number of ether oxygens (including phenoxy) is 2. The summed E-state index contributed by atoms with van der Waals surface area (Å²) in [6.45, 7) is -13.0. The number of unbranched alkanes of at least 4 members (excludes halogenated alkanes) is 23. The highest BCUT2D eigenvalue weighted by atomic mass is 32.2. The van der Waals surface area contributed by atoms with Crippen LogP contribution < -0.4 is 69.1 Å². The monoisotopic (exact) mass is 2010 g/mol. The van der Waals surface area contributed by atoms with Crippen molar-refractivity contribution in [2.24, 2.45) is 0 Å². The average molecular weight is 2020 g/mol. The SMILES string of the molecule is CCCCCCCC/C=C/CCCCCCCC(=O)OCC(COP(=O)(O)OCNC(=O)CCCCC(=O)NCC(=O)NCC(=O)N(CC(=O)O)CC(=O)NCC(=O)NCC(=O)N(CC(=O)O)CC(=O)NCCNC(=O)CN(CC(=O)O)C(=O)CNC(=O)CNC(=O)CN(CC(=O)O)C(=O)CNC(=O)CNC(=O)CCC1SC[C@@H]2NC(=O)N[C@H]12)OC(=O)CCCCCCC/C=C/CCCCCCCC. The number of nitrogens with zero attached hydrogens (tertiary/aromatic N) is 4. The Morgan fingerprint density at radius 1 is 0.367 bits per heavy atom. The van der Waals surface area contributed by atoms with Gasteiger partial charge in [-0.25, -0.2) is 9.36 Å². The molecule has 0 bridgehead atoms. The predicted octanol–water partition coefficient (Wildman–Crippen LogP) is 0.0445. The molecule has 3 unspecified atom stereocenters. The highest BCUT2D eigenvalue weighted by Gasteiger charge is 2.43. The van der Waals surface area contributed by atoms with Gasteiger partial charge in [0.1, 0.15) is 65.7 Å². The smallest absolute Gasteiger partial charge is 0.474 e. The molecule has 2 heterocycles. The summed E-state index contributed by atoms with van der Waals surface area (Å²) in [5, 5.41) is 67.3. The number of thioether (sulfide) groups is 1. The van der Waals surface area contributed by atoms with Crippen LogP contribution in [0.1, 0.15) is 232 Å². The Balaban J connectivity index is 1.74. The molecule has 2 rings (SSSR count). The lowest BCUT2D eigenvalue weighted by molar-refractivity contribution is -0.161. The largest absolute Gasteiger partial charge is 0.480 e. The molecule has 0 aromatic heterocycles. The zero-order valence-electron chi connectivity index (χ0n) is 79.6. The first kappa shape index (κ1) is 123. The molecule has 0 saturated carbocycles. The molecule has 784 valence electrons. The van der Waals surface area contributed by atoms with Crippen LogP contribution in [0.2, 0.25) is 0 Å². The van der Waals surface area contributed by atoms with Gasteiger partial charge in [0, 0.05) is 56.2 Å². The van der Waals surface area contributed by atoms with Crippen molar-refractivity contribution in [2.75, 3.05) is 144 Å². The molecule has 0 aliphatic carbocycles. The van der Waals surface area contributed by atoms with Crippen LogP contribution in [0.5, 0.6) is 0 Å². The van der Waals surface area contributed by atoms with Gasteiger partial charge >= 0.3 is 49.7 Å². The van der Waals surface area contributed by atoms with Crippen LogP contribution in [0.3, 0.4) is 0 Å². The van der Waals surface area contributed by atoms with Gasteiger partial charge in [0.05, 0.1) is 71.0 Å². The third-order valence-corrected chi connectivity index (χ3v) is 23.4. The van der Waals surface area contributed by atoms with Crippen LogP contribution in [0.15, 0.2) is 24.3 Å². The fourth-order valence-corrected chi connectivity index (χ4v) is 15.6. The van der Waals surface area contributed by atoms with E-state index in [-0.39, 0.29) is 68.3 Å². The Labute approximate surface area is 812 Å². The molecule has 2 saturated heterocycles. The topological polar surface area (TPSA) is 700 Å². The fraction of sp³-hybridized carbons (Fsp3) is 0.705. The third kappa shape index (κ3) is 65.6. The van der Waals surface area contributed by atoms with Crippen molar-refractivity contribution in [2.45, 2.75) is 256 Å². The number of aliphatic carboxylic acids is 4. The Morgan fingerprint density at radius 3 is 1.06 bits per heavy atom. The Hall–Kier alpha value is -11.9. The molecule has 17 amide bonds. The summed E-state index contributed by atoms with van der Waals surface area (Å²) in [5.41, 5.74) is 0. The number of esters is 2. The van der Waals surface area contributed by atoms with Crippen molar-refractivity contribution in [3.63, 3.8) is 0 Å². The minimum absolute atomic E-state index is 0.0256. The standard InChI is InChI=1S/C88H144N17O32PS/c1-3-5-7-9-11-13-15-17-19-21-23-25-27-29-31-37-85(129)134-59-63(137-86(130)38-32-30-28-26-24-22-20-18-16-14-12-10-8-6-4-2)60-135-138(132,133)136-62-99-67(107)36-34-33-35-66(106)91-43-69(109)95-49-79(119)104(57-83(125)126)53-75(115)93-45-71(111)97-47-77(117)102(55-81(121)122)51-73(113)89-41-42-90-74(114)52-103(56-82(123)124)78(118)48-98-72(112)46-94-76(116)54-105(58-84(127)128)80(120)50-96-70(110)44-92-68(108)40-39-65-87-64(61-139-65)100-88(131)101-87/h17-20,63-65,87H,3-16,21-62H2,1-2H3,(H,89,113)(H,90,114)(H,91,106)(H,92,108)(H,93,115)(H,94,116)(H,95,109)(H,96,110)(H,97,111)(H,98,112)(H,99,107)(H,121,122)(H,123,124)(H,125,126)(H,127,128)(H,132,133)(H2,100,101,131)/b19-17+,20-18+/t63?,64-,65?,87-/m0/s1. The molecule has 2 aliphatic heterocycles. The number of phosphoric ester groups is 1. The summed E-state index contributed by atoms with van der Waals surface area (Å²) in [4.78, 5) is 287. The van der Waals surface area contributed by atoms with E-state index >= 15 is 0 Å². The lowest BCUT2D eigenvalue weighted by Gasteiger charge is -2.22. The second kappa shape index (κ2) is 75.1. The number of nitrogens with one attached hydrogen (secondary N) is 13. The molecule has 5 atom stereocenters. The van der Waals surface area contributed by atoms with Crippen LogP contribution >= 0.6 is 19.6 Å². The van der Waals surface area contributed by atoms with Crippen molar-refractivity contribution in [1.29, 1.82) is 0 Å². The summed E-state index contributed by atoms with van der Waals surface area (Å²) in [7, 11) is -4.90. The maximum absolute atomic E-state index is 13.0. The fourth-order valence-electron chi connectivity index (χ4n) is 13.5. The van der Waals surface area contributed by atoms with Gasteiger partial charge in [-0.1, -0.05) is 141 Å². The zero-order chi connectivity index (χ0) is 103. The number of carboxylic acid groups (broad SMARTS) is 4. The van der Waals surface area contributed by atoms with Crippen LogP contribution in [0, 0.1) is 0 Å². The molecule has 0 aromatic carbocycles. The summed E-state index contributed by atoms with van der Waals surface area (Å²) in [5.74, 6) is -21.2. The van der Waals surface area contributed by atoms with Crippen LogP contribution in [0.4, 0.5) is 4.79 Å². The van der Waals surface area contributed by atoms with Crippen molar-refractivity contribution < 1.29 is 154 Å². The van der Waals surface area contributed by atoms with Gasteiger partial charge in [-0.15, -0.1) is 0 Å². The molecular weight excluding hydrogens is 1870 g/mol. The molecule has 2 fully saturated rings. The first-order valence-electron chi connectivity index (χ1n) is 47.2. The normalized spacial score (nSPS) is 14.1. The maximum Gasteiger partial charge on any atom is 0.474 e. The summed E-state index contributed by atoms with van der Waals surface area (Å²) >= 11 is 1.58. The Kier molecular flexibility index (Phi) is 66.5. The molecule has 51 heteroatoms. The maximum atomic E-state index is 13.0. The summed E-state index contributed by atoms with van der Waals surface area (Å²) < 4.78 is 33.9. The number of hydrogen-bond donors (Lipinski definition) is 18. The summed E-state index contributed by atoms with van der Waals surface area (Å²) in [6, 6.07) is -0.503. The molecule has 49 nitrogen and oxygen atoms in total. The summed E-state index contributed by atoms with van der Waals surface area (Å²) in [6.07, 6.45) is 36.2. The van der Waals surface area contributed by atoms with E-state index < -0.39 is 276 Å². The van der Waals surface area contributed by atoms with E-state index in [0.29, 0.717) is 44.6 Å². The number of phosphoric acid groups is 1. The van der Waals surface area contributed by atoms with E-state index in [4.69, 9.17) is 18.5 Å². The second-order valence-corrected chi connectivity index (χ2v) is 35.7. The van der Waals surface area contributed by atoms with Gasteiger partial charge in [0.2, 0.25) is 88.6 Å². The number of urea groups is 1. The quantitative estimate of drug-likeness (QED) is 0.00955. The number of fused-ring (bicyclic) bond motifs is 1. The molecule has 0 radical (unpaired) electrons. The van der Waals surface area contributed by atoms with Gasteiger partial charge in [0.25, 0.3) is 0 Å². The van der Waals surface area contributed by atoms with E-state index in [1.165, 1.54) is 77.0 Å². The second-order valence-electron chi connectivity index (χ2n) is 33.0. The minimum atomic E-state index is -4.90. The number of amides is 17. The van der Waals surface area contributed by atoms with Crippen LogP contribution in [0.25, 0.3) is 0 Å². The molecule has 18 N–H and O–H groups in total. The van der Waals surface area contributed by atoms with Crippen molar-refractivity contribution in [1.82, 2.24) is 88.7 Å².